The third-order valence-corrected chi connectivity index (χ3v) is 6.68. The van der Waals surface area contributed by atoms with Gasteiger partial charge in [-0.05, 0) is 35.9 Å². The average molecular weight is 471 g/mol. The minimum atomic E-state index is 0.640. The molecule has 0 N–H and O–H groups in total. The first kappa shape index (κ1) is 22.2. The van der Waals surface area contributed by atoms with Crippen molar-refractivity contribution in [2.45, 2.75) is 50.7 Å². The van der Waals surface area contributed by atoms with E-state index in [9.17, 15) is 0 Å². The fourth-order valence-corrected chi connectivity index (χ4v) is 4.87. The molecular weight excluding hydrogens is 444 g/mol. The number of fused-ring (bicyclic) bond motifs is 1. The zero-order valence-electron chi connectivity index (χ0n) is 19.3. The number of para-hydroxylation sites is 1. The zero-order valence-corrected chi connectivity index (χ0v) is 20.1. The number of rotatable bonds is 9. The first-order valence-corrected chi connectivity index (χ1v) is 12.5. The summed E-state index contributed by atoms with van der Waals surface area (Å²) in [6.07, 6.45) is 2.15. The van der Waals surface area contributed by atoms with Crippen molar-refractivity contribution in [2.75, 3.05) is 0 Å². The Labute approximate surface area is 202 Å². The number of thioether (sulfide) groups is 1. The van der Waals surface area contributed by atoms with Crippen molar-refractivity contribution in [1.82, 2.24) is 40.0 Å². The molecule has 34 heavy (non-hydrogen) atoms. The van der Waals surface area contributed by atoms with Crippen LogP contribution in [0.1, 0.15) is 32.5 Å². The molecule has 9 heteroatoms. The van der Waals surface area contributed by atoms with Gasteiger partial charge in [0.1, 0.15) is 0 Å². The summed E-state index contributed by atoms with van der Waals surface area (Å²) in [4.78, 5) is 4.91. The number of hydrogen-bond acceptors (Lipinski definition) is 7. The largest absolute Gasteiger partial charge is 0.302 e. The molecule has 5 rings (SSSR count). The van der Waals surface area contributed by atoms with Crippen molar-refractivity contribution in [3.63, 3.8) is 0 Å². The van der Waals surface area contributed by atoms with Crippen LogP contribution in [0.3, 0.4) is 0 Å². The molecule has 0 radical (unpaired) electrons. The van der Waals surface area contributed by atoms with Gasteiger partial charge in [0.05, 0.1) is 17.0 Å². The molecule has 0 unspecified atom stereocenters. The van der Waals surface area contributed by atoms with E-state index in [1.807, 2.05) is 41.1 Å². The second-order valence-corrected chi connectivity index (χ2v) is 8.89. The average Bonchev–Trinajstić information content (AvgIpc) is 3.52. The Morgan fingerprint density at radius 2 is 1.74 bits per heavy atom. The minimum Gasteiger partial charge on any atom is -0.302 e. The Kier molecular flexibility index (Phi) is 6.62. The number of unbranched alkanes of at least 4 members (excludes halogenated alkanes) is 1. The number of benzene rings is 2. The molecule has 0 amide bonds. The number of aromatic nitrogens is 8. The van der Waals surface area contributed by atoms with Gasteiger partial charge in [0, 0.05) is 29.6 Å². The van der Waals surface area contributed by atoms with Crippen LogP contribution in [0.2, 0.25) is 0 Å². The third-order valence-electron chi connectivity index (χ3n) is 5.72. The van der Waals surface area contributed by atoms with Crippen LogP contribution in [0.15, 0.2) is 65.8 Å². The summed E-state index contributed by atoms with van der Waals surface area (Å²) in [5.41, 5.74) is 3.96. The molecular formula is C25H26N8S. The maximum atomic E-state index is 4.91. The van der Waals surface area contributed by atoms with Gasteiger partial charge in [-0.25, -0.2) is 9.67 Å². The smallest absolute Gasteiger partial charge is 0.191 e. The van der Waals surface area contributed by atoms with Gasteiger partial charge in [-0.1, -0.05) is 73.6 Å². The number of pyridine rings is 1. The molecule has 8 nitrogen and oxygen atoms in total. The van der Waals surface area contributed by atoms with Gasteiger partial charge in [0.15, 0.2) is 16.8 Å². The van der Waals surface area contributed by atoms with Gasteiger partial charge in [-0.15, -0.1) is 15.3 Å². The first-order valence-electron chi connectivity index (χ1n) is 11.5. The van der Waals surface area contributed by atoms with E-state index in [1.54, 1.807) is 11.8 Å². The number of aryl methyl sites for hydroxylation is 1. The van der Waals surface area contributed by atoms with Crippen LogP contribution in [-0.2, 0) is 18.8 Å². The SMILES string of the molecule is CCCCn1nnnc1CSc1nnc(-c2cc(-c3ccccc3)nc3ccccc23)n1CC. The molecule has 5 aromatic rings. The Bertz CT molecular complexity index is 1390. The van der Waals surface area contributed by atoms with Crippen molar-refractivity contribution in [1.29, 1.82) is 0 Å². The molecule has 0 spiro atoms. The lowest BCUT2D eigenvalue weighted by Crippen LogP contribution is -2.06. The second-order valence-electron chi connectivity index (χ2n) is 7.95. The minimum absolute atomic E-state index is 0.640. The van der Waals surface area contributed by atoms with Gasteiger partial charge in [0.2, 0.25) is 0 Å². The van der Waals surface area contributed by atoms with Gasteiger partial charge in [0.25, 0.3) is 0 Å². The van der Waals surface area contributed by atoms with Gasteiger partial charge >= 0.3 is 0 Å². The Morgan fingerprint density at radius 3 is 2.56 bits per heavy atom. The summed E-state index contributed by atoms with van der Waals surface area (Å²) in [6.45, 7) is 5.86. The highest BCUT2D eigenvalue weighted by Crippen LogP contribution is 2.33. The molecule has 3 heterocycles. The Balaban J connectivity index is 1.51. The monoisotopic (exact) mass is 470 g/mol. The predicted molar refractivity (Wildman–Crippen MR) is 134 cm³/mol. The fraction of sp³-hybridized carbons (Fsp3) is 0.280. The maximum Gasteiger partial charge on any atom is 0.191 e. The van der Waals surface area contributed by atoms with Crippen molar-refractivity contribution in [3.05, 3.63) is 66.5 Å². The summed E-state index contributed by atoms with van der Waals surface area (Å²) in [6, 6.07) is 20.5. The second kappa shape index (κ2) is 10.1. The summed E-state index contributed by atoms with van der Waals surface area (Å²) >= 11 is 1.61. The van der Waals surface area contributed by atoms with Crippen molar-refractivity contribution in [2.24, 2.45) is 0 Å². The Hall–Kier alpha value is -3.59. The third kappa shape index (κ3) is 4.43. The molecule has 0 aliphatic heterocycles. The molecule has 3 aromatic heterocycles. The molecule has 172 valence electrons. The van der Waals surface area contributed by atoms with E-state index in [0.29, 0.717) is 5.75 Å². The lowest BCUT2D eigenvalue weighted by molar-refractivity contribution is 0.540. The Morgan fingerprint density at radius 1 is 0.912 bits per heavy atom. The van der Waals surface area contributed by atoms with E-state index in [2.05, 4.69) is 68.4 Å². The number of nitrogens with zero attached hydrogens (tertiary/aromatic N) is 8. The maximum absolute atomic E-state index is 4.91. The van der Waals surface area contributed by atoms with Crippen molar-refractivity contribution >= 4 is 22.7 Å². The number of hydrogen-bond donors (Lipinski definition) is 0. The van der Waals surface area contributed by atoms with Gasteiger partial charge < -0.3 is 4.57 Å². The predicted octanol–water partition coefficient (Wildman–Crippen LogP) is 5.26. The van der Waals surface area contributed by atoms with Crippen LogP contribution < -0.4 is 0 Å². The molecule has 0 bridgehead atoms. The van der Waals surface area contributed by atoms with E-state index in [1.165, 1.54) is 0 Å². The molecule has 0 saturated carbocycles. The molecule has 2 aromatic carbocycles. The highest BCUT2D eigenvalue weighted by Gasteiger charge is 2.18. The van der Waals surface area contributed by atoms with Gasteiger partial charge in [-0.3, -0.25) is 0 Å². The lowest BCUT2D eigenvalue weighted by Gasteiger charge is -2.12. The van der Waals surface area contributed by atoms with E-state index in [-0.39, 0.29) is 0 Å². The summed E-state index contributed by atoms with van der Waals surface area (Å²) in [7, 11) is 0. The van der Waals surface area contributed by atoms with Crippen LogP contribution in [0.4, 0.5) is 0 Å². The number of tetrazole rings is 1. The zero-order chi connectivity index (χ0) is 23.3. The highest BCUT2D eigenvalue weighted by molar-refractivity contribution is 7.98. The summed E-state index contributed by atoms with van der Waals surface area (Å²) in [5, 5.41) is 23.3. The molecule has 0 aliphatic carbocycles. The summed E-state index contributed by atoms with van der Waals surface area (Å²) in [5.74, 6) is 2.33. The summed E-state index contributed by atoms with van der Waals surface area (Å²) < 4.78 is 4.04. The van der Waals surface area contributed by atoms with E-state index in [4.69, 9.17) is 4.98 Å². The van der Waals surface area contributed by atoms with Crippen LogP contribution in [0.5, 0.6) is 0 Å². The van der Waals surface area contributed by atoms with Crippen LogP contribution in [-0.4, -0.2) is 40.0 Å². The van der Waals surface area contributed by atoms with Crippen LogP contribution in [0, 0.1) is 0 Å². The molecule has 0 atom stereocenters. The van der Waals surface area contributed by atoms with Crippen LogP contribution in [0.25, 0.3) is 33.5 Å². The van der Waals surface area contributed by atoms with E-state index < -0.39 is 0 Å². The molecule has 0 saturated heterocycles. The quantitative estimate of drug-likeness (QED) is 0.272. The topological polar surface area (TPSA) is 87.2 Å². The normalized spacial score (nSPS) is 11.4. The molecule has 0 fully saturated rings. The van der Waals surface area contributed by atoms with Crippen LogP contribution >= 0.6 is 11.8 Å². The van der Waals surface area contributed by atoms with Crippen molar-refractivity contribution < 1.29 is 0 Å². The lowest BCUT2D eigenvalue weighted by atomic mass is 10.0. The van der Waals surface area contributed by atoms with Gasteiger partial charge in [-0.2, -0.15) is 0 Å². The first-order chi connectivity index (χ1) is 16.8. The standard InChI is InChI=1S/C25H26N8S/c1-3-5-15-33-23(27-30-31-33)17-34-25-29-28-24(32(25)4-2)20-16-22(18-11-7-6-8-12-18)26-21-14-10-9-13-19(20)21/h6-14,16H,3-5,15,17H2,1-2H3. The van der Waals surface area contributed by atoms with E-state index in [0.717, 1.165) is 70.5 Å². The fourth-order valence-electron chi connectivity index (χ4n) is 3.93. The van der Waals surface area contributed by atoms with E-state index >= 15 is 0 Å². The highest BCUT2D eigenvalue weighted by atomic mass is 32.2. The molecule has 0 aliphatic rings. The van der Waals surface area contributed by atoms with Crippen molar-refractivity contribution in [3.8, 4) is 22.6 Å².